The summed E-state index contributed by atoms with van der Waals surface area (Å²) in [7, 11) is 0. The minimum atomic E-state index is -0.103. The van der Waals surface area contributed by atoms with E-state index in [-0.39, 0.29) is 11.9 Å². The second-order valence-corrected chi connectivity index (χ2v) is 5.62. The molecule has 1 unspecified atom stereocenters. The number of nitrogens with zero attached hydrogens (tertiary/aromatic N) is 1. The third-order valence-electron chi connectivity index (χ3n) is 2.51. The van der Waals surface area contributed by atoms with E-state index in [0.717, 1.165) is 17.3 Å². The maximum atomic E-state index is 11.8. The Morgan fingerprint density at radius 2 is 2.06 bits per heavy atom. The third kappa shape index (κ3) is 5.31. The second-order valence-electron chi connectivity index (χ2n) is 4.71. The molecule has 0 saturated heterocycles. The van der Waals surface area contributed by atoms with Gasteiger partial charge in [-0.05, 0) is 53.7 Å². The lowest BCUT2D eigenvalue weighted by Crippen LogP contribution is -2.33. The van der Waals surface area contributed by atoms with Gasteiger partial charge < -0.3 is 5.32 Å². The lowest BCUT2D eigenvalue weighted by Gasteiger charge is -2.14. The van der Waals surface area contributed by atoms with Crippen molar-refractivity contribution in [2.45, 2.75) is 39.7 Å². The Balaban J connectivity index is 2.46. The van der Waals surface area contributed by atoms with Crippen molar-refractivity contribution in [3.63, 3.8) is 0 Å². The number of halogens is 1. The quantitative estimate of drug-likeness (QED) is 0.905. The topological polar surface area (TPSA) is 42.0 Å². The van der Waals surface area contributed by atoms with Crippen LogP contribution in [0.25, 0.3) is 0 Å². The summed E-state index contributed by atoms with van der Waals surface area (Å²) in [6, 6.07) is 3.73. The molecule has 1 N–H and O–H groups in total. The summed E-state index contributed by atoms with van der Waals surface area (Å²) in [5.41, 5.74) is 0.463. The number of carbonyl (C=O) groups excluding carboxylic acids is 1. The second kappa shape index (κ2) is 6.74. The predicted octanol–water partition coefficient (Wildman–Crippen LogP) is 3.40. The van der Waals surface area contributed by atoms with Crippen molar-refractivity contribution in [2.24, 2.45) is 5.92 Å². The van der Waals surface area contributed by atoms with Gasteiger partial charge in [0.2, 0.25) is 0 Å². The summed E-state index contributed by atoms with van der Waals surface area (Å²) in [5, 5.41) is 2.95. The molecule has 3 nitrogen and oxygen atoms in total. The molecule has 0 spiro atoms. The van der Waals surface area contributed by atoms with E-state index in [1.807, 2.05) is 13.0 Å². The SMILES string of the molecule is CC(C)CCC(C)NC(=O)c1ccc(Br)cn1. The number of pyridine rings is 1. The monoisotopic (exact) mass is 298 g/mol. The molecular weight excluding hydrogens is 280 g/mol. The summed E-state index contributed by atoms with van der Waals surface area (Å²) in [4.78, 5) is 15.9. The molecule has 0 fully saturated rings. The fourth-order valence-corrected chi connectivity index (χ4v) is 1.70. The van der Waals surface area contributed by atoms with Crippen LogP contribution in [0, 0.1) is 5.92 Å². The van der Waals surface area contributed by atoms with Gasteiger partial charge in [-0.25, -0.2) is 4.98 Å². The molecule has 0 aromatic carbocycles. The van der Waals surface area contributed by atoms with E-state index >= 15 is 0 Å². The Hall–Kier alpha value is -0.900. The highest BCUT2D eigenvalue weighted by atomic mass is 79.9. The first-order valence-electron chi connectivity index (χ1n) is 5.91. The van der Waals surface area contributed by atoms with Crippen LogP contribution in [0.3, 0.4) is 0 Å². The van der Waals surface area contributed by atoms with Crippen LogP contribution in [0.5, 0.6) is 0 Å². The Morgan fingerprint density at radius 3 is 2.59 bits per heavy atom. The fraction of sp³-hybridized carbons (Fsp3) is 0.538. The molecular formula is C13H19BrN2O. The minimum Gasteiger partial charge on any atom is -0.348 e. The smallest absolute Gasteiger partial charge is 0.270 e. The molecule has 0 aliphatic carbocycles. The highest BCUT2D eigenvalue weighted by Crippen LogP contribution is 2.09. The summed E-state index contributed by atoms with van der Waals surface area (Å²) in [6.07, 6.45) is 3.75. The lowest BCUT2D eigenvalue weighted by atomic mass is 10.0. The van der Waals surface area contributed by atoms with Gasteiger partial charge in [-0.15, -0.1) is 0 Å². The highest BCUT2D eigenvalue weighted by Gasteiger charge is 2.11. The number of hydrogen-bond donors (Lipinski definition) is 1. The molecule has 1 atom stereocenters. The van der Waals surface area contributed by atoms with Crippen LogP contribution in [0.1, 0.15) is 44.1 Å². The van der Waals surface area contributed by atoms with Crippen molar-refractivity contribution < 1.29 is 4.79 Å². The molecule has 1 aromatic rings. The number of hydrogen-bond acceptors (Lipinski definition) is 2. The Morgan fingerprint density at radius 1 is 1.35 bits per heavy atom. The average Bonchev–Trinajstić information content (AvgIpc) is 2.27. The zero-order chi connectivity index (χ0) is 12.8. The molecule has 0 saturated carbocycles. The Labute approximate surface area is 111 Å². The van der Waals surface area contributed by atoms with Gasteiger partial charge in [-0.1, -0.05) is 13.8 Å². The molecule has 0 aliphatic heterocycles. The van der Waals surface area contributed by atoms with Gasteiger partial charge in [-0.3, -0.25) is 4.79 Å². The lowest BCUT2D eigenvalue weighted by molar-refractivity contribution is 0.0932. The summed E-state index contributed by atoms with van der Waals surface area (Å²) in [5.74, 6) is 0.564. The van der Waals surface area contributed by atoms with E-state index < -0.39 is 0 Å². The van der Waals surface area contributed by atoms with Crippen LogP contribution in [-0.4, -0.2) is 16.9 Å². The Bertz CT molecular complexity index is 362. The van der Waals surface area contributed by atoms with Gasteiger partial charge >= 0.3 is 0 Å². The predicted molar refractivity (Wildman–Crippen MR) is 72.9 cm³/mol. The third-order valence-corrected chi connectivity index (χ3v) is 2.98. The van der Waals surface area contributed by atoms with Crippen LogP contribution >= 0.6 is 15.9 Å². The Kier molecular flexibility index (Phi) is 5.62. The van der Waals surface area contributed by atoms with Crippen molar-refractivity contribution in [2.75, 3.05) is 0 Å². The van der Waals surface area contributed by atoms with E-state index in [4.69, 9.17) is 0 Å². The average molecular weight is 299 g/mol. The van der Waals surface area contributed by atoms with E-state index in [2.05, 4.69) is 40.1 Å². The van der Waals surface area contributed by atoms with Crippen LogP contribution in [0.15, 0.2) is 22.8 Å². The standard InChI is InChI=1S/C13H19BrN2O/c1-9(2)4-5-10(3)16-13(17)12-7-6-11(14)8-15-12/h6-10H,4-5H2,1-3H3,(H,16,17). The van der Waals surface area contributed by atoms with Crippen molar-refractivity contribution in [1.29, 1.82) is 0 Å². The van der Waals surface area contributed by atoms with E-state index in [1.165, 1.54) is 0 Å². The van der Waals surface area contributed by atoms with E-state index in [1.54, 1.807) is 12.3 Å². The zero-order valence-electron chi connectivity index (χ0n) is 10.5. The molecule has 0 radical (unpaired) electrons. The number of rotatable bonds is 5. The number of nitrogens with one attached hydrogen (secondary N) is 1. The largest absolute Gasteiger partial charge is 0.348 e. The summed E-state index contributed by atoms with van der Waals surface area (Å²) >= 11 is 3.29. The first-order chi connectivity index (χ1) is 7.99. The maximum Gasteiger partial charge on any atom is 0.270 e. The summed E-state index contributed by atoms with van der Waals surface area (Å²) in [6.45, 7) is 6.40. The molecule has 0 aliphatic rings. The van der Waals surface area contributed by atoms with Crippen LogP contribution in [-0.2, 0) is 0 Å². The van der Waals surface area contributed by atoms with Gasteiger partial charge in [-0.2, -0.15) is 0 Å². The zero-order valence-corrected chi connectivity index (χ0v) is 12.1. The van der Waals surface area contributed by atoms with Crippen LogP contribution in [0.2, 0.25) is 0 Å². The molecule has 0 bridgehead atoms. The van der Waals surface area contributed by atoms with Crippen molar-refractivity contribution in [3.8, 4) is 0 Å². The minimum absolute atomic E-state index is 0.103. The molecule has 94 valence electrons. The van der Waals surface area contributed by atoms with Gasteiger partial charge in [0.25, 0.3) is 5.91 Å². The van der Waals surface area contributed by atoms with Crippen LogP contribution < -0.4 is 5.32 Å². The number of aromatic nitrogens is 1. The van der Waals surface area contributed by atoms with E-state index in [9.17, 15) is 4.79 Å². The molecule has 1 amide bonds. The molecule has 1 aromatic heterocycles. The molecule has 1 heterocycles. The van der Waals surface area contributed by atoms with Crippen molar-refractivity contribution in [1.82, 2.24) is 10.3 Å². The molecule has 4 heteroatoms. The van der Waals surface area contributed by atoms with Gasteiger partial charge in [0.1, 0.15) is 5.69 Å². The van der Waals surface area contributed by atoms with Crippen molar-refractivity contribution >= 4 is 21.8 Å². The fourth-order valence-electron chi connectivity index (χ4n) is 1.46. The van der Waals surface area contributed by atoms with Crippen molar-refractivity contribution in [3.05, 3.63) is 28.5 Å². The number of amides is 1. The van der Waals surface area contributed by atoms with Gasteiger partial charge in [0, 0.05) is 16.7 Å². The molecule has 17 heavy (non-hydrogen) atoms. The van der Waals surface area contributed by atoms with Gasteiger partial charge in [0.05, 0.1) is 0 Å². The first-order valence-corrected chi connectivity index (χ1v) is 6.70. The van der Waals surface area contributed by atoms with Crippen LogP contribution in [0.4, 0.5) is 0 Å². The summed E-state index contributed by atoms with van der Waals surface area (Å²) < 4.78 is 0.877. The normalized spacial score (nSPS) is 12.5. The maximum absolute atomic E-state index is 11.8. The highest BCUT2D eigenvalue weighted by molar-refractivity contribution is 9.10. The number of carbonyl (C=O) groups is 1. The van der Waals surface area contributed by atoms with Gasteiger partial charge in [0.15, 0.2) is 0 Å². The molecule has 1 rings (SSSR count). The van der Waals surface area contributed by atoms with E-state index in [0.29, 0.717) is 11.6 Å². The first kappa shape index (κ1) is 14.2.